The van der Waals surface area contributed by atoms with E-state index >= 15 is 0 Å². The quantitative estimate of drug-likeness (QED) is 0.718. The van der Waals surface area contributed by atoms with Gasteiger partial charge in [0.05, 0.1) is 23.1 Å². The Labute approximate surface area is 114 Å². The van der Waals surface area contributed by atoms with E-state index in [1.807, 2.05) is 35.2 Å². The van der Waals surface area contributed by atoms with E-state index in [9.17, 15) is 0 Å². The molecule has 1 aromatic carbocycles. The summed E-state index contributed by atoms with van der Waals surface area (Å²) in [4.78, 5) is 5.62. The molecule has 2 heterocycles. The Balaban J connectivity index is 2.25. The molecule has 0 spiro atoms. The number of ether oxygens (including phenoxy) is 1. The van der Waals surface area contributed by atoms with Gasteiger partial charge >= 0.3 is 0 Å². The molecule has 0 saturated carbocycles. The number of aryl methyl sites for hydroxylation is 1. The lowest BCUT2D eigenvalue weighted by Crippen LogP contribution is -1.90. The molecule has 94 valence electrons. The van der Waals surface area contributed by atoms with Crippen LogP contribution in [0.1, 0.15) is 5.56 Å². The fourth-order valence-corrected chi connectivity index (χ4v) is 2.95. The lowest BCUT2D eigenvalue weighted by Gasteiger charge is -1.98. The standard InChI is InChI=1S/C14H11N3OS/c1-17-11-5-3-4-9(7-15)13(11)16-14(17)12-6-10(18-2)8-19-12/h3-6,8H,1-2H3. The van der Waals surface area contributed by atoms with Crippen molar-refractivity contribution in [2.45, 2.75) is 0 Å². The molecule has 0 amide bonds. The van der Waals surface area contributed by atoms with Gasteiger partial charge < -0.3 is 9.30 Å². The Morgan fingerprint density at radius 1 is 1.42 bits per heavy atom. The summed E-state index contributed by atoms with van der Waals surface area (Å²) in [6.45, 7) is 0. The number of hydrogen-bond acceptors (Lipinski definition) is 4. The first-order valence-corrected chi connectivity index (χ1v) is 6.61. The highest BCUT2D eigenvalue weighted by molar-refractivity contribution is 7.13. The van der Waals surface area contributed by atoms with Crippen LogP contribution >= 0.6 is 11.3 Å². The molecule has 0 saturated heterocycles. The number of aromatic nitrogens is 2. The van der Waals surface area contributed by atoms with E-state index in [0.717, 1.165) is 27.5 Å². The number of hydrogen-bond donors (Lipinski definition) is 0. The first kappa shape index (κ1) is 11.8. The van der Waals surface area contributed by atoms with Gasteiger partial charge in [-0.1, -0.05) is 6.07 Å². The van der Waals surface area contributed by atoms with E-state index in [-0.39, 0.29) is 0 Å². The SMILES string of the molecule is COc1csc(-c2nc3c(C#N)cccc3n2C)c1. The van der Waals surface area contributed by atoms with Gasteiger partial charge in [0.1, 0.15) is 17.3 Å². The zero-order chi connectivity index (χ0) is 13.4. The molecule has 5 heteroatoms. The Morgan fingerprint density at radius 3 is 2.95 bits per heavy atom. The van der Waals surface area contributed by atoms with E-state index < -0.39 is 0 Å². The van der Waals surface area contributed by atoms with E-state index in [1.54, 1.807) is 24.5 Å². The second-order valence-corrected chi connectivity index (χ2v) is 5.04. The van der Waals surface area contributed by atoms with Gasteiger partial charge in [-0.3, -0.25) is 0 Å². The van der Waals surface area contributed by atoms with Crippen LogP contribution in [0.5, 0.6) is 5.75 Å². The highest BCUT2D eigenvalue weighted by Gasteiger charge is 2.14. The number of para-hydroxylation sites is 1. The Morgan fingerprint density at radius 2 is 2.26 bits per heavy atom. The third kappa shape index (κ3) is 1.77. The minimum Gasteiger partial charge on any atom is -0.496 e. The van der Waals surface area contributed by atoms with Gasteiger partial charge in [-0.05, 0) is 12.1 Å². The van der Waals surface area contributed by atoms with Crippen LogP contribution in [0, 0.1) is 11.3 Å². The Kier molecular flexibility index (Phi) is 2.73. The van der Waals surface area contributed by atoms with Crippen LogP contribution in [-0.4, -0.2) is 16.7 Å². The molecule has 4 nitrogen and oxygen atoms in total. The normalized spacial score (nSPS) is 10.6. The molecule has 0 aliphatic rings. The molecule has 0 aliphatic heterocycles. The molecule has 19 heavy (non-hydrogen) atoms. The second kappa shape index (κ2) is 4.41. The minimum atomic E-state index is 0.600. The molecule has 0 aliphatic carbocycles. The van der Waals surface area contributed by atoms with E-state index in [0.29, 0.717) is 5.56 Å². The average molecular weight is 269 g/mol. The third-order valence-electron chi connectivity index (χ3n) is 3.06. The second-order valence-electron chi connectivity index (χ2n) is 4.13. The molecule has 0 atom stereocenters. The average Bonchev–Trinajstić information content (AvgIpc) is 3.03. The highest BCUT2D eigenvalue weighted by atomic mass is 32.1. The van der Waals surface area contributed by atoms with E-state index in [4.69, 9.17) is 10.00 Å². The van der Waals surface area contributed by atoms with Crippen LogP contribution in [0.15, 0.2) is 29.6 Å². The van der Waals surface area contributed by atoms with Crippen LogP contribution in [-0.2, 0) is 7.05 Å². The number of methoxy groups -OCH3 is 1. The number of nitriles is 1. The van der Waals surface area contributed by atoms with Gasteiger partial charge in [0.15, 0.2) is 5.82 Å². The number of fused-ring (bicyclic) bond motifs is 1. The summed E-state index contributed by atoms with van der Waals surface area (Å²) in [7, 11) is 3.60. The summed E-state index contributed by atoms with van der Waals surface area (Å²) in [6, 6.07) is 9.77. The predicted octanol–water partition coefficient (Wildman–Crippen LogP) is 3.18. The van der Waals surface area contributed by atoms with Crippen LogP contribution in [0.2, 0.25) is 0 Å². The predicted molar refractivity (Wildman–Crippen MR) is 75.3 cm³/mol. The minimum absolute atomic E-state index is 0.600. The number of imidazole rings is 1. The lowest BCUT2D eigenvalue weighted by atomic mass is 10.2. The summed E-state index contributed by atoms with van der Waals surface area (Å²) in [6.07, 6.45) is 0. The summed E-state index contributed by atoms with van der Waals surface area (Å²) in [5.41, 5.74) is 2.30. The summed E-state index contributed by atoms with van der Waals surface area (Å²) in [5.74, 6) is 1.68. The Hall–Kier alpha value is -2.32. The van der Waals surface area contributed by atoms with Crippen LogP contribution in [0.3, 0.4) is 0 Å². The third-order valence-corrected chi connectivity index (χ3v) is 3.97. The maximum absolute atomic E-state index is 9.13. The van der Waals surface area contributed by atoms with E-state index in [1.165, 1.54) is 0 Å². The van der Waals surface area contributed by atoms with E-state index in [2.05, 4.69) is 11.1 Å². The van der Waals surface area contributed by atoms with Gasteiger partial charge in [0.25, 0.3) is 0 Å². The molecular weight excluding hydrogens is 258 g/mol. The van der Waals surface area contributed by atoms with Gasteiger partial charge in [-0.2, -0.15) is 5.26 Å². The molecule has 0 N–H and O–H groups in total. The maximum Gasteiger partial charge on any atom is 0.151 e. The Bertz CT molecular complexity index is 795. The molecule has 0 bridgehead atoms. The van der Waals surface area contributed by atoms with Crippen LogP contribution in [0.4, 0.5) is 0 Å². The summed E-state index contributed by atoms with van der Waals surface area (Å²) >= 11 is 1.58. The van der Waals surface area contributed by atoms with Crippen molar-refractivity contribution in [1.29, 1.82) is 5.26 Å². The van der Waals surface area contributed by atoms with Crippen LogP contribution < -0.4 is 4.74 Å². The van der Waals surface area contributed by atoms with Crippen molar-refractivity contribution in [2.75, 3.05) is 7.11 Å². The molecule has 3 aromatic rings. The van der Waals surface area contributed by atoms with Gasteiger partial charge in [0, 0.05) is 18.5 Å². The summed E-state index contributed by atoms with van der Waals surface area (Å²) in [5, 5.41) is 11.1. The fraction of sp³-hybridized carbons (Fsp3) is 0.143. The first-order chi connectivity index (χ1) is 9.24. The largest absolute Gasteiger partial charge is 0.496 e. The van der Waals surface area contributed by atoms with Crippen LogP contribution in [0.25, 0.3) is 21.7 Å². The first-order valence-electron chi connectivity index (χ1n) is 5.73. The monoisotopic (exact) mass is 269 g/mol. The van der Waals surface area contributed by atoms with Crippen molar-refractivity contribution in [3.05, 3.63) is 35.2 Å². The van der Waals surface area contributed by atoms with Crippen molar-refractivity contribution >= 4 is 22.4 Å². The zero-order valence-electron chi connectivity index (χ0n) is 10.5. The smallest absolute Gasteiger partial charge is 0.151 e. The highest BCUT2D eigenvalue weighted by Crippen LogP contribution is 2.32. The van der Waals surface area contributed by atoms with Gasteiger partial charge in [0.2, 0.25) is 0 Å². The number of nitrogens with zero attached hydrogens (tertiary/aromatic N) is 3. The maximum atomic E-state index is 9.13. The van der Waals surface area contributed by atoms with Gasteiger partial charge in [-0.25, -0.2) is 4.98 Å². The molecule has 3 rings (SSSR count). The molecule has 0 radical (unpaired) electrons. The molecule has 2 aromatic heterocycles. The van der Waals surface area contributed by atoms with Crippen molar-refractivity contribution in [3.63, 3.8) is 0 Å². The fourth-order valence-electron chi connectivity index (χ4n) is 2.07. The van der Waals surface area contributed by atoms with Gasteiger partial charge in [-0.15, -0.1) is 11.3 Å². The molecule has 0 fully saturated rings. The molecular formula is C14H11N3OS. The zero-order valence-corrected chi connectivity index (χ0v) is 11.4. The van der Waals surface area contributed by atoms with Crippen molar-refractivity contribution in [3.8, 4) is 22.5 Å². The number of benzene rings is 1. The number of rotatable bonds is 2. The van der Waals surface area contributed by atoms with Crippen molar-refractivity contribution in [1.82, 2.24) is 9.55 Å². The van der Waals surface area contributed by atoms with Crippen molar-refractivity contribution < 1.29 is 4.74 Å². The lowest BCUT2D eigenvalue weighted by molar-refractivity contribution is 0.417. The molecule has 0 unspecified atom stereocenters. The summed E-state index contributed by atoms with van der Waals surface area (Å²) < 4.78 is 7.20. The van der Waals surface area contributed by atoms with Crippen molar-refractivity contribution in [2.24, 2.45) is 7.05 Å². The topological polar surface area (TPSA) is 50.8 Å². The number of thiophene rings is 1.